The predicted molar refractivity (Wildman–Crippen MR) is 95.9 cm³/mol. The molecule has 0 aliphatic carbocycles. The number of carbonyl (C=O) groups is 1. The molecule has 2 heteroatoms. The molecule has 0 saturated heterocycles. The van der Waals surface area contributed by atoms with E-state index in [1.165, 1.54) is 0 Å². The maximum Gasteiger partial charge on any atom is 0.303 e. The molecule has 0 spiro atoms. The maximum atomic E-state index is 11.2. The van der Waals surface area contributed by atoms with Gasteiger partial charge < -0.3 is 5.11 Å². The van der Waals surface area contributed by atoms with E-state index in [2.05, 4.69) is 13.2 Å². The van der Waals surface area contributed by atoms with Crippen molar-refractivity contribution in [2.75, 3.05) is 0 Å². The van der Waals surface area contributed by atoms with Gasteiger partial charge in [0.25, 0.3) is 0 Å². The number of carboxylic acid groups (broad SMARTS) is 1. The van der Waals surface area contributed by atoms with Crippen molar-refractivity contribution in [2.24, 2.45) is 5.92 Å². The second-order valence-electron chi connectivity index (χ2n) is 5.81. The van der Waals surface area contributed by atoms with Gasteiger partial charge in [-0.2, -0.15) is 0 Å². The van der Waals surface area contributed by atoms with Crippen molar-refractivity contribution in [3.63, 3.8) is 0 Å². The van der Waals surface area contributed by atoms with E-state index in [1.54, 1.807) is 0 Å². The maximum absolute atomic E-state index is 11.2. The minimum absolute atomic E-state index is 0.00656. The van der Waals surface area contributed by atoms with E-state index in [9.17, 15) is 9.90 Å². The van der Waals surface area contributed by atoms with E-state index in [4.69, 9.17) is 0 Å². The molecule has 0 radical (unpaired) electrons. The molecule has 0 fully saturated rings. The fraction of sp³-hybridized carbons (Fsp3) is 0.190. The summed E-state index contributed by atoms with van der Waals surface area (Å²) < 4.78 is 0. The molecule has 0 bridgehead atoms. The van der Waals surface area contributed by atoms with E-state index in [0.717, 1.165) is 22.3 Å². The van der Waals surface area contributed by atoms with Crippen LogP contribution in [0.3, 0.4) is 0 Å². The van der Waals surface area contributed by atoms with Crippen LogP contribution in [0.4, 0.5) is 0 Å². The molecule has 23 heavy (non-hydrogen) atoms. The molecule has 0 atom stereocenters. The van der Waals surface area contributed by atoms with Crippen molar-refractivity contribution in [2.45, 2.75) is 19.3 Å². The van der Waals surface area contributed by atoms with Crippen LogP contribution in [0.25, 0.3) is 11.1 Å². The summed E-state index contributed by atoms with van der Waals surface area (Å²) in [4.78, 5) is 11.2. The molecule has 0 aliphatic rings. The van der Waals surface area contributed by atoms with Crippen molar-refractivity contribution in [1.29, 1.82) is 0 Å². The zero-order valence-electron chi connectivity index (χ0n) is 13.2. The summed E-state index contributed by atoms with van der Waals surface area (Å²) >= 11 is 0. The topological polar surface area (TPSA) is 37.3 Å². The van der Waals surface area contributed by atoms with Gasteiger partial charge >= 0.3 is 5.97 Å². The zero-order chi connectivity index (χ0) is 16.7. The fourth-order valence-electron chi connectivity index (χ4n) is 2.74. The first-order chi connectivity index (χ1) is 11.1. The number of benzene rings is 2. The number of hydrogen-bond donors (Lipinski definition) is 1. The Morgan fingerprint density at radius 3 is 1.52 bits per heavy atom. The third-order valence-electron chi connectivity index (χ3n) is 3.90. The molecule has 0 aromatic heterocycles. The molecule has 2 aromatic rings. The summed E-state index contributed by atoms with van der Waals surface area (Å²) in [6.45, 7) is 8.26. The van der Waals surface area contributed by atoms with E-state index in [0.29, 0.717) is 12.8 Å². The molecule has 0 amide bonds. The summed E-state index contributed by atoms with van der Waals surface area (Å²) in [6, 6.07) is 19.8. The second-order valence-corrected chi connectivity index (χ2v) is 5.81. The van der Waals surface area contributed by atoms with Crippen LogP contribution < -0.4 is 0 Å². The van der Waals surface area contributed by atoms with Gasteiger partial charge in [-0.25, -0.2) is 0 Å². The largest absolute Gasteiger partial charge is 0.481 e. The molecule has 118 valence electrons. The van der Waals surface area contributed by atoms with Gasteiger partial charge in [-0.15, -0.1) is 0 Å². The average Bonchev–Trinajstić information content (AvgIpc) is 2.55. The summed E-state index contributed by atoms with van der Waals surface area (Å²) in [5, 5.41) is 9.19. The Hall–Kier alpha value is -2.61. The van der Waals surface area contributed by atoms with Crippen LogP contribution in [-0.4, -0.2) is 11.1 Å². The van der Waals surface area contributed by atoms with E-state index in [-0.39, 0.29) is 12.3 Å². The number of allylic oxidation sites excluding steroid dienone is 2. The molecule has 1 N–H and O–H groups in total. The van der Waals surface area contributed by atoms with Crippen LogP contribution in [0.15, 0.2) is 73.8 Å². The first-order valence-corrected chi connectivity index (χ1v) is 7.74. The van der Waals surface area contributed by atoms with Crippen molar-refractivity contribution in [3.05, 3.63) is 84.9 Å². The van der Waals surface area contributed by atoms with E-state index >= 15 is 0 Å². The second kappa shape index (κ2) is 8.14. The number of aliphatic carboxylic acids is 1. The molecule has 0 saturated carbocycles. The minimum atomic E-state index is -0.781. The lowest BCUT2D eigenvalue weighted by Crippen LogP contribution is -2.09. The zero-order valence-corrected chi connectivity index (χ0v) is 13.2. The van der Waals surface area contributed by atoms with Crippen molar-refractivity contribution in [3.8, 4) is 0 Å². The molecule has 2 nitrogen and oxygen atoms in total. The Balaban J connectivity index is 2.06. The SMILES string of the molecule is C=C(CC(CC(=C)c1ccccc1)CC(=O)O)c1ccccc1. The van der Waals surface area contributed by atoms with Gasteiger partial charge in [-0.05, 0) is 41.0 Å². The Morgan fingerprint density at radius 2 is 1.17 bits per heavy atom. The predicted octanol–water partition coefficient (Wildman–Crippen LogP) is 5.28. The van der Waals surface area contributed by atoms with Gasteiger partial charge in [0.1, 0.15) is 0 Å². The lowest BCUT2D eigenvalue weighted by Gasteiger charge is -2.18. The van der Waals surface area contributed by atoms with Crippen LogP contribution in [-0.2, 0) is 4.79 Å². The van der Waals surface area contributed by atoms with Crippen LogP contribution in [0.1, 0.15) is 30.4 Å². The van der Waals surface area contributed by atoms with Crippen LogP contribution in [0.2, 0.25) is 0 Å². The van der Waals surface area contributed by atoms with Gasteiger partial charge in [0.05, 0.1) is 0 Å². The lowest BCUT2D eigenvalue weighted by molar-refractivity contribution is -0.138. The molecule has 0 heterocycles. The van der Waals surface area contributed by atoms with Gasteiger partial charge in [-0.1, -0.05) is 73.8 Å². The highest BCUT2D eigenvalue weighted by Crippen LogP contribution is 2.30. The molecular weight excluding hydrogens is 284 g/mol. The first kappa shape index (κ1) is 16.8. The van der Waals surface area contributed by atoms with Gasteiger partial charge in [0, 0.05) is 6.42 Å². The Morgan fingerprint density at radius 1 is 0.783 bits per heavy atom. The highest BCUT2D eigenvalue weighted by atomic mass is 16.4. The lowest BCUT2D eigenvalue weighted by atomic mass is 9.86. The summed E-state index contributed by atoms with van der Waals surface area (Å²) in [5.74, 6) is -0.787. The third kappa shape index (κ3) is 5.26. The highest BCUT2D eigenvalue weighted by Gasteiger charge is 2.17. The Kier molecular flexibility index (Phi) is 5.93. The average molecular weight is 306 g/mol. The molecule has 0 aliphatic heterocycles. The summed E-state index contributed by atoms with van der Waals surface area (Å²) in [7, 11) is 0. The smallest absolute Gasteiger partial charge is 0.303 e. The Bertz CT molecular complexity index is 618. The normalized spacial score (nSPS) is 10.5. The number of rotatable bonds is 8. The van der Waals surface area contributed by atoms with Crippen molar-refractivity contribution >= 4 is 17.1 Å². The first-order valence-electron chi connectivity index (χ1n) is 7.74. The number of hydrogen-bond acceptors (Lipinski definition) is 1. The summed E-state index contributed by atoms with van der Waals surface area (Å²) in [5.41, 5.74) is 4.07. The summed E-state index contributed by atoms with van der Waals surface area (Å²) in [6.07, 6.45) is 1.43. The van der Waals surface area contributed by atoms with Gasteiger partial charge in [-0.3, -0.25) is 4.79 Å². The highest BCUT2D eigenvalue weighted by molar-refractivity contribution is 5.70. The molecule has 0 unspecified atom stereocenters. The standard InChI is InChI=1S/C21H22O2/c1-16(19-9-5-3-6-10-19)13-18(15-21(22)23)14-17(2)20-11-7-4-8-12-20/h3-12,18H,1-2,13-15H2,(H,22,23). The third-order valence-corrected chi connectivity index (χ3v) is 3.90. The van der Waals surface area contributed by atoms with Crippen LogP contribution in [0.5, 0.6) is 0 Å². The van der Waals surface area contributed by atoms with Crippen LogP contribution in [0, 0.1) is 5.92 Å². The van der Waals surface area contributed by atoms with Gasteiger partial charge in [0.15, 0.2) is 0 Å². The minimum Gasteiger partial charge on any atom is -0.481 e. The Labute approximate surface area is 137 Å². The van der Waals surface area contributed by atoms with E-state index < -0.39 is 5.97 Å². The van der Waals surface area contributed by atoms with E-state index in [1.807, 2.05) is 60.7 Å². The van der Waals surface area contributed by atoms with Crippen molar-refractivity contribution < 1.29 is 9.90 Å². The molecule has 2 rings (SSSR count). The van der Waals surface area contributed by atoms with Crippen molar-refractivity contribution in [1.82, 2.24) is 0 Å². The molecular formula is C21H22O2. The quantitative estimate of drug-likeness (QED) is 0.720. The van der Waals surface area contributed by atoms with Crippen LogP contribution >= 0.6 is 0 Å². The fourth-order valence-corrected chi connectivity index (χ4v) is 2.74. The van der Waals surface area contributed by atoms with Gasteiger partial charge in [0.2, 0.25) is 0 Å². The monoisotopic (exact) mass is 306 g/mol. The number of carboxylic acids is 1. The molecule has 2 aromatic carbocycles.